The zero-order valence-corrected chi connectivity index (χ0v) is 10.3. The molecule has 1 heterocycles. The van der Waals surface area contributed by atoms with E-state index in [2.05, 4.69) is 18.3 Å². The van der Waals surface area contributed by atoms with Crippen LogP contribution in [0.25, 0.3) is 0 Å². The van der Waals surface area contributed by atoms with Gasteiger partial charge >= 0.3 is 0 Å². The standard InChI is InChI=1S/C11H18ClNS/c1-2-3-4-5-8-13-9-10-6-7-11(12)14-10/h6-7,13H,2-5,8-9H2,1H3. The Kier molecular flexibility index (Phi) is 6.24. The van der Waals surface area contributed by atoms with Gasteiger partial charge in [0.2, 0.25) is 0 Å². The van der Waals surface area contributed by atoms with Crippen LogP contribution in [0.3, 0.4) is 0 Å². The van der Waals surface area contributed by atoms with Crippen molar-refractivity contribution in [2.75, 3.05) is 6.54 Å². The summed E-state index contributed by atoms with van der Waals surface area (Å²) in [6.07, 6.45) is 5.29. The molecule has 0 aliphatic carbocycles. The minimum Gasteiger partial charge on any atom is -0.312 e. The SMILES string of the molecule is CCCCCCNCc1ccc(Cl)s1. The van der Waals surface area contributed by atoms with E-state index in [-0.39, 0.29) is 0 Å². The van der Waals surface area contributed by atoms with Crippen molar-refractivity contribution in [3.8, 4) is 0 Å². The Bertz CT molecular complexity index is 247. The first-order valence-electron chi connectivity index (χ1n) is 5.28. The Labute approximate surface area is 95.5 Å². The third-order valence-electron chi connectivity index (χ3n) is 2.14. The van der Waals surface area contributed by atoms with E-state index < -0.39 is 0 Å². The largest absolute Gasteiger partial charge is 0.312 e. The monoisotopic (exact) mass is 231 g/mol. The fraction of sp³-hybridized carbons (Fsp3) is 0.636. The van der Waals surface area contributed by atoms with Crippen molar-refractivity contribution in [1.29, 1.82) is 0 Å². The third-order valence-corrected chi connectivity index (χ3v) is 3.37. The molecule has 14 heavy (non-hydrogen) atoms. The summed E-state index contributed by atoms with van der Waals surface area (Å²) in [4.78, 5) is 1.32. The van der Waals surface area contributed by atoms with Crippen LogP contribution in [0.4, 0.5) is 0 Å². The molecule has 1 aromatic rings. The van der Waals surface area contributed by atoms with Gasteiger partial charge in [0.15, 0.2) is 0 Å². The zero-order valence-electron chi connectivity index (χ0n) is 8.68. The second-order valence-electron chi connectivity index (χ2n) is 3.44. The van der Waals surface area contributed by atoms with Crippen LogP contribution in [0.1, 0.15) is 37.5 Å². The highest BCUT2D eigenvalue weighted by Gasteiger charge is 1.96. The summed E-state index contributed by atoms with van der Waals surface area (Å²) < 4.78 is 0.882. The van der Waals surface area contributed by atoms with Crippen LogP contribution in [-0.2, 0) is 6.54 Å². The van der Waals surface area contributed by atoms with Crippen LogP contribution in [0.5, 0.6) is 0 Å². The van der Waals surface area contributed by atoms with Gasteiger partial charge in [-0.3, -0.25) is 0 Å². The van der Waals surface area contributed by atoms with Crippen molar-refractivity contribution in [2.45, 2.75) is 39.2 Å². The summed E-state index contributed by atoms with van der Waals surface area (Å²) in [5, 5.41) is 3.43. The molecule has 80 valence electrons. The predicted molar refractivity (Wildman–Crippen MR) is 65.2 cm³/mol. The molecule has 1 nitrogen and oxygen atoms in total. The first-order valence-corrected chi connectivity index (χ1v) is 6.47. The Balaban J connectivity index is 1.99. The van der Waals surface area contributed by atoms with Crippen LogP contribution in [0.2, 0.25) is 4.34 Å². The van der Waals surface area contributed by atoms with Gasteiger partial charge in [0, 0.05) is 11.4 Å². The minimum absolute atomic E-state index is 0.882. The molecule has 0 amide bonds. The summed E-state index contributed by atoms with van der Waals surface area (Å²) >= 11 is 7.49. The second kappa shape index (κ2) is 7.27. The van der Waals surface area contributed by atoms with Crippen LogP contribution >= 0.6 is 22.9 Å². The van der Waals surface area contributed by atoms with Gasteiger partial charge in [0.05, 0.1) is 4.34 Å². The van der Waals surface area contributed by atoms with Gasteiger partial charge in [0.1, 0.15) is 0 Å². The molecule has 0 aliphatic rings. The average Bonchev–Trinajstić information content (AvgIpc) is 2.58. The van der Waals surface area contributed by atoms with Crippen LogP contribution in [0, 0.1) is 0 Å². The van der Waals surface area contributed by atoms with E-state index >= 15 is 0 Å². The summed E-state index contributed by atoms with van der Waals surface area (Å²) in [7, 11) is 0. The minimum atomic E-state index is 0.882. The Morgan fingerprint density at radius 2 is 2.14 bits per heavy atom. The molecule has 0 atom stereocenters. The lowest BCUT2D eigenvalue weighted by Crippen LogP contribution is -2.13. The molecule has 0 saturated carbocycles. The van der Waals surface area contributed by atoms with E-state index in [0.717, 1.165) is 17.4 Å². The highest BCUT2D eigenvalue weighted by molar-refractivity contribution is 7.16. The molecule has 0 unspecified atom stereocenters. The van der Waals surface area contributed by atoms with Gasteiger partial charge in [-0.1, -0.05) is 37.8 Å². The van der Waals surface area contributed by atoms with Gasteiger partial charge in [0.25, 0.3) is 0 Å². The summed E-state index contributed by atoms with van der Waals surface area (Å²) in [5.41, 5.74) is 0. The van der Waals surface area contributed by atoms with E-state index in [1.807, 2.05) is 6.07 Å². The first-order chi connectivity index (χ1) is 6.83. The lowest BCUT2D eigenvalue weighted by molar-refractivity contribution is 0.600. The molecule has 0 fully saturated rings. The van der Waals surface area contributed by atoms with E-state index in [0.29, 0.717) is 0 Å². The Morgan fingerprint density at radius 3 is 2.79 bits per heavy atom. The normalized spacial score (nSPS) is 10.7. The zero-order chi connectivity index (χ0) is 10.2. The molecule has 0 aromatic carbocycles. The summed E-state index contributed by atoms with van der Waals surface area (Å²) in [6, 6.07) is 4.05. The molecule has 1 aromatic heterocycles. The number of hydrogen-bond donors (Lipinski definition) is 1. The summed E-state index contributed by atoms with van der Waals surface area (Å²) in [5.74, 6) is 0. The average molecular weight is 232 g/mol. The van der Waals surface area contributed by atoms with Gasteiger partial charge in [-0.25, -0.2) is 0 Å². The molecule has 0 bridgehead atoms. The topological polar surface area (TPSA) is 12.0 Å². The molecule has 3 heteroatoms. The van der Waals surface area contributed by atoms with Crippen molar-refractivity contribution < 1.29 is 0 Å². The van der Waals surface area contributed by atoms with Gasteiger partial charge in [-0.15, -0.1) is 11.3 Å². The van der Waals surface area contributed by atoms with Crippen LogP contribution in [-0.4, -0.2) is 6.54 Å². The highest BCUT2D eigenvalue weighted by Crippen LogP contribution is 2.20. The van der Waals surface area contributed by atoms with E-state index in [4.69, 9.17) is 11.6 Å². The number of hydrogen-bond acceptors (Lipinski definition) is 2. The van der Waals surface area contributed by atoms with Crippen molar-refractivity contribution in [1.82, 2.24) is 5.32 Å². The van der Waals surface area contributed by atoms with Gasteiger partial charge < -0.3 is 5.32 Å². The van der Waals surface area contributed by atoms with Crippen molar-refractivity contribution in [2.24, 2.45) is 0 Å². The van der Waals surface area contributed by atoms with E-state index in [1.54, 1.807) is 11.3 Å². The molecular weight excluding hydrogens is 214 g/mol. The Morgan fingerprint density at radius 1 is 1.29 bits per heavy atom. The number of unbranched alkanes of at least 4 members (excludes halogenated alkanes) is 3. The molecule has 1 N–H and O–H groups in total. The maximum absolute atomic E-state index is 5.83. The maximum atomic E-state index is 5.83. The molecule has 0 radical (unpaired) electrons. The molecule has 0 aliphatic heterocycles. The number of nitrogens with one attached hydrogen (secondary N) is 1. The third kappa shape index (κ3) is 4.99. The number of rotatable bonds is 7. The second-order valence-corrected chi connectivity index (χ2v) is 5.24. The number of thiophene rings is 1. The highest BCUT2D eigenvalue weighted by atomic mass is 35.5. The quantitative estimate of drug-likeness (QED) is 0.698. The molecule has 0 spiro atoms. The van der Waals surface area contributed by atoms with Crippen molar-refractivity contribution in [3.63, 3.8) is 0 Å². The van der Waals surface area contributed by atoms with E-state index in [1.165, 1.54) is 30.6 Å². The van der Waals surface area contributed by atoms with Crippen LogP contribution in [0.15, 0.2) is 12.1 Å². The first kappa shape index (κ1) is 12.0. The fourth-order valence-corrected chi connectivity index (χ4v) is 2.39. The molecule has 0 saturated heterocycles. The lowest BCUT2D eigenvalue weighted by atomic mass is 10.2. The van der Waals surface area contributed by atoms with Crippen molar-refractivity contribution in [3.05, 3.63) is 21.3 Å². The van der Waals surface area contributed by atoms with Gasteiger partial charge in [-0.2, -0.15) is 0 Å². The molecular formula is C11H18ClNS. The lowest BCUT2D eigenvalue weighted by Gasteiger charge is -2.01. The number of halogens is 1. The maximum Gasteiger partial charge on any atom is 0.0931 e. The Hall–Kier alpha value is -0.0500. The van der Waals surface area contributed by atoms with Gasteiger partial charge in [-0.05, 0) is 25.1 Å². The van der Waals surface area contributed by atoms with Crippen LogP contribution < -0.4 is 5.32 Å². The molecule has 1 rings (SSSR count). The van der Waals surface area contributed by atoms with Crippen molar-refractivity contribution >= 4 is 22.9 Å². The summed E-state index contributed by atoms with van der Waals surface area (Å²) in [6.45, 7) is 4.32. The fourth-order valence-electron chi connectivity index (χ4n) is 1.34. The van der Waals surface area contributed by atoms with E-state index in [9.17, 15) is 0 Å². The predicted octanol–water partition coefficient (Wildman–Crippen LogP) is 4.07. The smallest absolute Gasteiger partial charge is 0.0931 e.